The summed E-state index contributed by atoms with van der Waals surface area (Å²) < 4.78 is 21.9. The van der Waals surface area contributed by atoms with Crippen LogP contribution in [-0.2, 0) is 9.84 Å². The average molecular weight is 238 g/mol. The maximum Gasteiger partial charge on any atom is 0.148 e. The van der Waals surface area contributed by atoms with Gasteiger partial charge in [-0.05, 0) is 13.5 Å². The Morgan fingerprint density at radius 2 is 2.00 bits per heavy atom. The van der Waals surface area contributed by atoms with E-state index >= 15 is 0 Å². The van der Waals surface area contributed by atoms with E-state index in [9.17, 15) is 8.42 Å². The number of likely N-dealkylation sites (N-methyl/N-ethyl adjacent to an activating group) is 1. The van der Waals surface area contributed by atoms with E-state index in [0.29, 0.717) is 6.54 Å². The number of nitrogens with two attached hydrogens (primary N) is 1. The fourth-order valence-electron chi connectivity index (χ4n) is 1.35. The van der Waals surface area contributed by atoms with E-state index in [1.54, 1.807) is 11.9 Å². The van der Waals surface area contributed by atoms with Gasteiger partial charge in [0.05, 0.1) is 12.4 Å². The molecule has 2 atom stereocenters. The predicted molar refractivity (Wildman–Crippen MR) is 61.5 cm³/mol. The van der Waals surface area contributed by atoms with E-state index in [4.69, 9.17) is 10.8 Å². The number of aliphatic hydroxyl groups is 1. The maximum absolute atomic E-state index is 11.0. The summed E-state index contributed by atoms with van der Waals surface area (Å²) >= 11 is 0. The number of hydrogen-bond donors (Lipinski definition) is 2. The summed E-state index contributed by atoms with van der Waals surface area (Å²) in [6.45, 7) is 2.30. The Hall–Kier alpha value is -0.170. The Kier molecular flexibility index (Phi) is 6.35. The van der Waals surface area contributed by atoms with Crippen molar-refractivity contribution in [1.82, 2.24) is 4.90 Å². The minimum absolute atomic E-state index is 0.0464. The number of aliphatic hydroxyl groups excluding tert-OH is 1. The third-order valence-corrected chi connectivity index (χ3v) is 3.46. The fourth-order valence-corrected chi connectivity index (χ4v) is 1.97. The number of hydrogen-bond acceptors (Lipinski definition) is 5. The van der Waals surface area contributed by atoms with Crippen molar-refractivity contribution in [2.45, 2.75) is 25.4 Å². The summed E-state index contributed by atoms with van der Waals surface area (Å²) in [5.41, 5.74) is 5.82. The summed E-state index contributed by atoms with van der Waals surface area (Å²) in [5.74, 6) is 0.0937. The van der Waals surface area contributed by atoms with Crippen LogP contribution in [0.3, 0.4) is 0 Å². The van der Waals surface area contributed by atoms with Gasteiger partial charge in [0.1, 0.15) is 9.84 Å². The molecule has 0 amide bonds. The minimum Gasteiger partial charge on any atom is -0.395 e. The highest BCUT2D eigenvalue weighted by Gasteiger charge is 2.20. The molecule has 2 unspecified atom stereocenters. The zero-order chi connectivity index (χ0) is 12.1. The van der Waals surface area contributed by atoms with Crippen molar-refractivity contribution in [3.63, 3.8) is 0 Å². The van der Waals surface area contributed by atoms with Crippen LogP contribution in [0.4, 0.5) is 0 Å². The molecule has 0 aliphatic carbocycles. The molecule has 0 aliphatic rings. The van der Waals surface area contributed by atoms with Crippen LogP contribution in [0.5, 0.6) is 0 Å². The van der Waals surface area contributed by atoms with Gasteiger partial charge in [0, 0.05) is 24.9 Å². The van der Waals surface area contributed by atoms with Crippen molar-refractivity contribution in [3.8, 4) is 0 Å². The molecule has 0 rings (SSSR count). The lowest BCUT2D eigenvalue weighted by Crippen LogP contribution is -2.49. The molecular formula is C9H22N2O3S. The van der Waals surface area contributed by atoms with E-state index in [1.807, 2.05) is 6.92 Å². The molecule has 3 N–H and O–H groups in total. The largest absolute Gasteiger partial charge is 0.395 e. The molecule has 0 saturated heterocycles. The van der Waals surface area contributed by atoms with Gasteiger partial charge in [-0.1, -0.05) is 6.92 Å². The van der Waals surface area contributed by atoms with Crippen molar-refractivity contribution in [1.29, 1.82) is 0 Å². The molecule has 0 radical (unpaired) electrons. The molecule has 0 spiro atoms. The van der Waals surface area contributed by atoms with Crippen LogP contribution in [0.2, 0.25) is 0 Å². The van der Waals surface area contributed by atoms with Crippen LogP contribution in [0.15, 0.2) is 0 Å². The molecule has 0 bridgehead atoms. The molecule has 6 heteroatoms. The van der Waals surface area contributed by atoms with Crippen LogP contribution in [0.1, 0.15) is 13.3 Å². The SMILES string of the molecule is CCC(N)C(CO)N(C)CCS(C)(=O)=O. The standard InChI is InChI=1S/C9H22N2O3S/c1-4-8(10)9(7-12)11(2)5-6-15(3,13)14/h8-9,12H,4-7,10H2,1-3H3. The van der Waals surface area contributed by atoms with E-state index in [1.165, 1.54) is 6.26 Å². The Morgan fingerprint density at radius 3 is 2.33 bits per heavy atom. The predicted octanol–water partition coefficient (Wildman–Crippen LogP) is -0.939. The van der Waals surface area contributed by atoms with Gasteiger partial charge < -0.3 is 10.8 Å². The first-order chi connectivity index (χ1) is 6.81. The number of rotatable bonds is 7. The summed E-state index contributed by atoms with van der Waals surface area (Å²) in [6.07, 6.45) is 1.96. The first-order valence-electron chi connectivity index (χ1n) is 5.06. The Balaban J connectivity index is 4.22. The molecule has 0 aromatic rings. The average Bonchev–Trinajstić information content (AvgIpc) is 2.14. The van der Waals surface area contributed by atoms with Gasteiger partial charge in [0.2, 0.25) is 0 Å². The first-order valence-corrected chi connectivity index (χ1v) is 7.12. The van der Waals surface area contributed by atoms with Crippen molar-refractivity contribution in [2.75, 3.05) is 32.2 Å². The van der Waals surface area contributed by atoms with Gasteiger partial charge in [0.25, 0.3) is 0 Å². The van der Waals surface area contributed by atoms with E-state index in [2.05, 4.69) is 0 Å². The normalized spacial score (nSPS) is 16.7. The van der Waals surface area contributed by atoms with Crippen LogP contribution in [0, 0.1) is 0 Å². The van der Waals surface area contributed by atoms with Crippen LogP contribution in [-0.4, -0.2) is 62.7 Å². The van der Waals surface area contributed by atoms with Crippen molar-refractivity contribution < 1.29 is 13.5 Å². The second-order valence-corrected chi connectivity index (χ2v) is 6.19. The summed E-state index contributed by atoms with van der Waals surface area (Å²) in [4.78, 5) is 1.80. The molecule has 0 aromatic heterocycles. The van der Waals surface area contributed by atoms with E-state index < -0.39 is 9.84 Å². The zero-order valence-corrected chi connectivity index (χ0v) is 10.5. The molecule has 0 saturated carbocycles. The second-order valence-electron chi connectivity index (χ2n) is 3.93. The summed E-state index contributed by atoms with van der Waals surface area (Å²) in [6, 6.07) is -0.295. The van der Waals surface area contributed by atoms with Gasteiger partial charge in [0.15, 0.2) is 0 Å². The highest BCUT2D eigenvalue weighted by atomic mass is 32.2. The third kappa shape index (κ3) is 6.09. The van der Waals surface area contributed by atoms with Gasteiger partial charge in [-0.2, -0.15) is 0 Å². The molecule has 0 aromatic carbocycles. The monoisotopic (exact) mass is 238 g/mol. The second kappa shape index (κ2) is 6.42. The topological polar surface area (TPSA) is 83.6 Å². The number of nitrogens with zero attached hydrogens (tertiary/aromatic N) is 1. The summed E-state index contributed by atoms with van der Waals surface area (Å²) in [7, 11) is -1.18. The van der Waals surface area contributed by atoms with Crippen molar-refractivity contribution >= 4 is 9.84 Å². The minimum atomic E-state index is -2.96. The Bertz CT molecular complexity index is 267. The smallest absolute Gasteiger partial charge is 0.148 e. The highest BCUT2D eigenvalue weighted by Crippen LogP contribution is 2.03. The maximum atomic E-state index is 11.0. The van der Waals surface area contributed by atoms with Crippen LogP contribution < -0.4 is 5.73 Å². The van der Waals surface area contributed by atoms with Gasteiger partial charge in [-0.25, -0.2) is 8.42 Å². The molecular weight excluding hydrogens is 216 g/mol. The Labute approximate surface area is 92.2 Å². The molecule has 0 fully saturated rings. The molecule has 92 valence electrons. The van der Waals surface area contributed by atoms with Gasteiger partial charge in [-0.3, -0.25) is 4.90 Å². The van der Waals surface area contributed by atoms with Crippen molar-refractivity contribution in [2.24, 2.45) is 5.73 Å². The van der Waals surface area contributed by atoms with Gasteiger partial charge in [-0.15, -0.1) is 0 Å². The molecule has 0 heterocycles. The Morgan fingerprint density at radius 1 is 1.47 bits per heavy atom. The lowest BCUT2D eigenvalue weighted by molar-refractivity contribution is 0.130. The third-order valence-electron chi connectivity index (χ3n) is 2.53. The fraction of sp³-hybridized carbons (Fsp3) is 1.00. The van der Waals surface area contributed by atoms with Gasteiger partial charge >= 0.3 is 0 Å². The highest BCUT2D eigenvalue weighted by molar-refractivity contribution is 7.90. The van der Waals surface area contributed by atoms with Crippen LogP contribution >= 0.6 is 0 Å². The number of sulfone groups is 1. The van der Waals surface area contributed by atoms with Crippen LogP contribution in [0.25, 0.3) is 0 Å². The lowest BCUT2D eigenvalue weighted by atomic mass is 10.1. The first kappa shape index (κ1) is 14.8. The molecule has 0 aliphatic heterocycles. The molecule has 15 heavy (non-hydrogen) atoms. The zero-order valence-electron chi connectivity index (χ0n) is 9.68. The van der Waals surface area contributed by atoms with E-state index in [-0.39, 0.29) is 24.4 Å². The summed E-state index contributed by atoms with van der Waals surface area (Å²) in [5, 5.41) is 9.16. The van der Waals surface area contributed by atoms with Crippen molar-refractivity contribution in [3.05, 3.63) is 0 Å². The van der Waals surface area contributed by atoms with E-state index in [0.717, 1.165) is 6.42 Å². The molecule has 5 nitrogen and oxygen atoms in total. The lowest BCUT2D eigenvalue weighted by Gasteiger charge is -2.30. The quantitative estimate of drug-likeness (QED) is 0.598.